The summed E-state index contributed by atoms with van der Waals surface area (Å²) in [6, 6.07) is 2.21. The summed E-state index contributed by atoms with van der Waals surface area (Å²) >= 11 is 1.33. The summed E-state index contributed by atoms with van der Waals surface area (Å²) in [7, 11) is -3.30. The van der Waals surface area contributed by atoms with E-state index in [2.05, 4.69) is 19.2 Å². The topological polar surface area (TPSA) is 49.4 Å². The lowest BCUT2D eigenvalue weighted by atomic mass is 10.3. The monoisotopic (exact) mass is 316 g/mol. The van der Waals surface area contributed by atoms with E-state index in [0.717, 1.165) is 12.1 Å². The zero-order valence-corrected chi connectivity index (χ0v) is 14.1. The van der Waals surface area contributed by atoms with Gasteiger partial charge >= 0.3 is 0 Å². The molecule has 1 saturated carbocycles. The molecule has 1 aromatic heterocycles. The van der Waals surface area contributed by atoms with Crippen LogP contribution in [-0.4, -0.2) is 31.9 Å². The van der Waals surface area contributed by atoms with E-state index in [4.69, 9.17) is 0 Å². The molecular weight excluding hydrogens is 292 g/mol. The molecule has 0 saturated heterocycles. The molecule has 114 valence electrons. The Bertz CT molecular complexity index is 533. The van der Waals surface area contributed by atoms with Crippen LogP contribution in [0.3, 0.4) is 0 Å². The zero-order valence-electron chi connectivity index (χ0n) is 12.4. The van der Waals surface area contributed by atoms with Gasteiger partial charge in [0.2, 0.25) is 0 Å². The van der Waals surface area contributed by atoms with Crippen molar-refractivity contribution in [1.82, 2.24) is 9.62 Å². The van der Waals surface area contributed by atoms with Gasteiger partial charge in [-0.1, -0.05) is 20.8 Å². The highest BCUT2D eigenvalue weighted by atomic mass is 32.2. The standard InChI is InChI=1S/C14H24N2O2S2/c1-4-16(9-12-5-6-12)20(17,18)14-7-13(10-19-14)8-15-11(2)3/h7,10-12,15H,4-6,8-9H2,1-3H3. The summed E-state index contributed by atoms with van der Waals surface area (Å²) in [5, 5.41) is 5.25. The van der Waals surface area contributed by atoms with Gasteiger partial charge in [-0.25, -0.2) is 8.42 Å². The fourth-order valence-corrected chi connectivity index (χ4v) is 4.90. The molecule has 1 aromatic rings. The first kappa shape index (κ1) is 15.9. The van der Waals surface area contributed by atoms with Gasteiger partial charge in [0, 0.05) is 25.7 Å². The first-order valence-electron chi connectivity index (χ1n) is 7.24. The van der Waals surface area contributed by atoms with E-state index in [1.807, 2.05) is 18.4 Å². The van der Waals surface area contributed by atoms with Crippen molar-refractivity contribution >= 4 is 21.4 Å². The van der Waals surface area contributed by atoms with Crippen LogP contribution in [0.25, 0.3) is 0 Å². The fraction of sp³-hybridized carbons (Fsp3) is 0.714. The van der Waals surface area contributed by atoms with Gasteiger partial charge in [-0.2, -0.15) is 4.31 Å². The summed E-state index contributed by atoms with van der Waals surface area (Å²) in [6.45, 7) is 8.02. The molecule has 1 N–H and O–H groups in total. The molecule has 0 radical (unpaired) electrons. The molecule has 20 heavy (non-hydrogen) atoms. The Hall–Kier alpha value is -0.430. The lowest BCUT2D eigenvalue weighted by Crippen LogP contribution is -2.32. The molecule has 2 rings (SSSR count). The van der Waals surface area contributed by atoms with Gasteiger partial charge in [-0.3, -0.25) is 0 Å². The van der Waals surface area contributed by atoms with Crippen molar-refractivity contribution in [3.05, 3.63) is 17.0 Å². The number of rotatable bonds is 8. The first-order valence-corrected chi connectivity index (χ1v) is 9.56. The Kier molecular flexibility index (Phi) is 5.23. The number of sulfonamides is 1. The van der Waals surface area contributed by atoms with Crippen LogP contribution in [0.1, 0.15) is 39.2 Å². The van der Waals surface area contributed by atoms with E-state index in [9.17, 15) is 8.42 Å². The first-order chi connectivity index (χ1) is 9.43. The quantitative estimate of drug-likeness (QED) is 0.802. The predicted molar refractivity (Wildman–Crippen MR) is 83.5 cm³/mol. The van der Waals surface area contributed by atoms with Crippen LogP contribution < -0.4 is 5.32 Å². The summed E-state index contributed by atoms with van der Waals surface area (Å²) in [6.07, 6.45) is 2.33. The highest BCUT2D eigenvalue weighted by Gasteiger charge is 2.31. The number of nitrogens with one attached hydrogen (secondary N) is 1. The lowest BCUT2D eigenvalue weighted by molar-refractivity contribution is 0.413. The fourth-order valence-electron chi connectivity index (χ4n) is 2.02. The van der Waals surface area contributed by atoms with Crippen LogP contribution in [-0.2, 0) is 16.6 Å². The normalized spacial score (nSPS) is 16.2. The van der Waals surface area contributed by atoms with Crippen LogP contribution in [0.15, 0.2) is 15.7 Å². The second-order valence-electron chi connectivity index (χ2n) is 5.71. The Labute approximate surface area is 126 Å². The molecule has 0 bridgehead atoms. The molecule has 0 atom stereocenters. The van der Waals surface area contributed by atoms with Crippen molar-refractivity contribution in [2.45, 2.75) is 50.4 Å². The van der Waals surface area contributed by atoms with Crippen molar-refractivity contribution in [2.24, 2.45) is 5.92 Å². The van der Waals surface area contributed by atoms with E-state index in [1.54, 1.807) is 4.31 Å². The van der Waals surface area contributed by atoms with Crippen molar-refractivity contribution in [2.75, 3.05) is 13.1 Å². The minimum Gasteiger partial charge on any atom is -0.310 e. The van der Waals surface area contributed by atoms with E-state index in [1.165, 1.54) is 24.2 Å². The maximum atomic E-state index is 12.6. The molecule has 0 unspecified atom stereocenters. The smallest absolute Gasteiger partial charge is 0.252 e. The van der Waals surface area contributed by atoms with Gasteiger partial charge in [-0.05, 0) is 35.8 Å². The molecule has 1 aliphatic carbocycles. The van der Waals surface area contributed by atoms with Crippen LogP contribution in [0.2, 0.25) is 0 Å². The highest BCUT2D eigenvalue weighted by molar-refractivity contribution is 7.91. The molecule has 0 aromatic carbocycles. The Balaban J connectivity index is 2.07. The minimum absolute atomic E-state index is 0.400. The SMILES string of the molecule is CCN(CC1CC1)S(=O)(=O)c1cc(CNC(C)C)cs1. The maximum absolute atomic E-state index is 12.6. The molecule has 6 heteroatoms. The molecule has 1 heterocycles. The molecule has 0 amide bonds. The van der Waals surface area contributed by atoms with Gasteiger partial charge in [0.1, 0.15) is 4.21 Å². The number of thiophene rings is 1. The van der Waals surface area contributed by atoms with Crippen LogP contribution >= 0.6 is 11.3 Å². The molecule has 1 aliphatic rings. The summed E-state index contributed by atoms with van der Waals surface area (Å²) in [5.74, 6) is 0.576. The van der Waals surface area contributed by atoms with Crippen LogP contribution in [0.4, 0.5) is 0 Å². The Morgan fingerprint density at radius 1 is 1.45 bits per heavy atom. The van der Waals surface area contributed by atoms with E-state index < -0.39 is 10.0 Å². The van der Waals surface area contributed by atoms with E-state index >= 15 is 0 Å². The second-order valence-corrected chi connectivity index (χ2v) is 8.78. The van der Waals surface area contributed by atoms with Crippen molar-refractivity contribution in [1.29, 1.82) is 0 Å². The number of hydrogen-bond acceptors (Lipinski definition) is 4. The largest absolute Gasteiger partial charge is 0.310 e. The average Bonchev–Trinajstić information content (AvgIpc) is 3.07. The third-order valence-corrected chi connectivity index (χ3v) is 6.85. The van der Waals surface area contributed by atoms with Gasteiger partial charge in [-0.15, -0.1) is 11.3 Å². The molecule has 0 aliphatic heterocycles. The second kappa shape index (κ2) is 6.56. The van der Waals surface area contributed by atoms with Gasteiger partial charge in [0.05, 0.1) is 0 Å². The molecule has 1 fully saturated rings. The molecular formula is C14H24N2O2S2. The van der Waals surface area contributed by atoms with Crippen LogP contribution in [0, 0.1) is 5.92 Å². The molecule has 0 spiro atoms. The van der Waals surface area contributed by atoms with Crippen LogP contribution in [0.5, 0.6) is 0 Å². The zero-order chi connectivity index (χ0) is 14.8. The Morgan fingerprint density at radius 2 is 2.15 bits per heavy atom. The summed E-state index contributed by atoms with van der Waals surface area (Å²) < 4.78 is 27.3. The third kappa shape index (κ3) is 4.04. The number of hydrogen-bond donors (Lipinski definition) is 1. The van der Waals surface area contributed by atoms with Gasteiger partial charge in [0.15, 0.2) is 0 Å². The minimum atomic E-state index is -3.30. The van der Waals surface area contributed by atoms with Gasteiger partial charge in [0.25, 0.3) is 10.0 Å². The van der Waals surface area contributed by atoms with Gasteiger partial charge < -0.3 is 5.32 Å². The summed E-state index contributed by atoms with van der Waals surface area (Å²) in [4.78, 5) is 0. The predicted octanol–water partition coefficient (Wildman–Crippen LogP) is 2.67. The maximum Gasteiger partial charge on any atom is 0.252 e. The molecule has 4 nitrogen and oxygen atoms in total. The summed E-state index contributed by atoms with van der Waals surface area (Å²) in [5.41, 5.74) is 1.05. The van der Waals surface area contributed by atoms with E-state index in [-0.39, 0.29) is 0 Å². The van der Waals surface area contributed by atoms with Crippen molar-refractivity contribution in [3.8, 4) is 0 Å². The number of nitrogens with zero attached hydrogens (tertiary/aromatic N) is 1. The van der Waals surface area contributed by atoms with Crippen molar-refractivity contribution < 1.29 is 8.42 Å². The lowest BCUT2D eigenvalue weighted by Gasteiger charge is -2.19. The Morgan fingerprint density at radius 3 is 2.70 bits per heavy atom. The highest BCUT2D eigenvalue weighted by Crippen LogP contribution is 2.32. The third-order valence-electron chi connectivity index (χ3n) is 3.45. The average molecular weight is 316 g/mol. The van der Waals surface area contributed by atoms with E-state index in [0.29, 0.717) is 29.3 Å². The van der Waals surface area contributed by atoms with Crippen molar-refractivity contribution in [3.63, 3.8) is 0 Å².